The monoisotopic (exact) mass is 270 g/mol. The zero-order valence-electron chi connectivity index (χ0n) is 9.79. The largest absolute Gasteiger partial charge is 0.751 e. The van der Waals surface area contributed by atoms with E-state index in [-0.39, 0.29) is 18.1 Å². The van der Waals surface area contributed by atoms with Crippen molar-refractivity contribution in [3.05, 3.63) is 36.4 Å². The second-order valence-corrected chi connectivity index (χ2v) is 4.00. The first-order chi connectivity index (χ1) is 8.58. The highest BCUT2D eigenvalue weighted by Crippen LogP contribution is 2.29. The summed E-state index contributed by atoms with van der Waals surface area (Å²) < 4.78 is 25.3. The number of benzene rings is 1. The first-order valence-corrected chi connectivity index (χ1v) is 6.04. The van der Waals surface area contributed by atoms with Crippen LogP contribution in [0, 0.1) is 0 Å². The summed E-state index contributed by atoms with van der Waals surface area (Å²) in [6.45, 7) is 3.39. The predicted octanol–water partition coefficient (Wildman–Crippen LogP) is 1.84. The lowest BCUT2D eigenvalue weighted by molar-refractivity contribution is -0.133. The van der Waals surface area contributed by atoms with Crippen LogP contribution in [-0.2, 0) is 18.6 Å². The van der Waals surface area contributed by atoms with Gasteiger partial charge in [-0.25, -0.2) is 9.32 Å². The van der Waals surface area contributed by atoms with Gasteiger partial charge in [0.2, 0.25) is 0 Å². The highest BCUT2D eigenvalue weighted by atomic mass is 31.1. The molecule has 0 heterocycles. The summed E-state index contributed by atoms with van der Waals surface area (Å²) in [5, 5.41) is 0. The van der Waals surface area contributed by atoms with Gasteiger partial charge in [-0.15, -0.1) is 0 Å². The van der Waals surface area contributed by atoms with Crippen molar-refractivity contribution in [1.29, 1.82) is 0 Å². The first-order valence-electron chi connectivity index (χ1n) is 4.94. The van der Waals surface area contributed by atoms with E-state index in [9.17, 15) is 9.36 Å². The van der Waals surface area contributed by atoms with Gasteiger partial charge < -0.3 is 10.5 Å². The van der Waals surface area contributed by atoms with Crippen molar-refractivity contribution < 1.29 is 23.1 Å². The van der Waals surface area contributed by atoms with Gasteiger partial charge in [0, 0.05) is 4.57 Å². The molecule has 0 radical (unpaired) electrons. The highest BCUT2D eigenvalue weighted by Gasteiger charge is 2.21. The third-order valence-corrected chi connectivity index (χ3v) is 2.69. The number of esters is 1. The van der Waals surface area contributed by atoms with E-state index >= 15 is 0 Å². The van der Waals surface area contributed by atoms with Crippen LogP contribution in [0.4, 0.5) is 0 Å². The number of hydrogen-bond acceptors (Lipinski definition) is 6. The summed E-state index contributed by atoms with van der Waals surface area (Å²) in [5.74, 6) is -0.262. The molecule has 0 fully saturated rings. The van der Waals surface area contributed by atoms with E-state index in [0.29, 0.717) is 5.56 Å². The normalized spacial score (nSPS) is 10.7. The van der Waals surface area contributed by atoms with Crippen LogP contribution in [0.25, 0.3) is 5.57 Å². The summed E-state index contributed by atoms with van der Waals surface area (Å²) in [4.78, 5) is 11.3. The Morgan fingerprint density at radius 2 is 2.22 bits per heavy atom. The molecule has 0 amide bonds. The fourth-order valence-corrected chi connectivity index (χ4v) is 1.62. The minimum atomic E-state index is -2.33. The number of carbonyl (C=O) groups is 1. The Labute approximate surface area is 105 Å². The van der Waals surface area contributed by atoms with Gasteiger partial charge in [0.15, 0.2) is 12.5 Å². The molecular weight excluding hydrogens is 257 g/mol. The molecule has 1 atom stereocenters. The predicted molar refractivity (Wildman–Crippen MR) is 65.9 cm³/mol. The quantitative estimate of drug-likeness (QED) is 0.367. The lowest BCUT2D eigenvalue weighted by Crippen LogP contribution is -2.03. The van der Waals surface area contributed by atoms with Crippen molar-refractivity contribution >= 4 is 19.8 Å². The third-order valence-electron chi connectivity index (χ3n) is 1.97. The lowest BCUT2D eigenvalue weighted by atomic mass is 10.1. The smallest absolute Gasteiger partial charge is 0.465 e. The molecule has 0 saturated heterocycles. The average Bonchev–Trinajstić information content (AvgIpc) is 2.37. The molecule has 18 heavy (non-hydrogen) atoms. The van der Waals surface area contributed by atoms with E-state index in [1.807, 2.05) is 0 Å². The Hall–Kier alpha value is -1.75. The minimum Gasteiger partial charge on any atom is -0.465 e. The standard InChI is InChI=1S/C11H13NO5P/c1-8(11(13)15-2)9-4-3-5-10(6-9)17-18(14)16-7-12/h3-6H,1,7,12H2,2H3/q+1. The summed E-state index contributed by atoms with van der Waals surface area (Å²) in [7, 11) is -1.06. The summed E-state index contributed by atoms with van der Waals surface area (Å²) in [5.41, 5.74) is 5.75. The van der Waals surface area contributed by atoms with Crippen molar-refractivity contribution in [1.82, 2.24) is 0 Å². The number of carbonyl (C=O) groups excluding carboxylic acids is 1. The van der Waals surface area contributed by atoms with Gasteiger partial charge >= 0.3 is 14.2 Å². The molecule has 0 aliphatic carbocycles. The molecule has 6 nitrogen and oxygen atoms in total. The van der Waals surface area contributed by atoms with Gasteiger partial charge in [-0.2, -0.15) is 0 Å². The van der Waals surface area contributed by atoms with E-state index in [2.05, 4.69) is 15.8 Å². The zero-order chi connectivity index (χ0) is 13.5. The van der Waals surface area contributed by atoms with Gasteiger partial charge in [0.25, 0.3) is 0 Å². The summed E-state index contributed by atoms with van der Waals surface area (Å²) in [6, 6.07) is 6.36. The fraction of sp³-hybridized carbons (Fsp3) is 0.182. The van der Waals surface area contributed by atoms with Gasteiger partial charge in [-0.05, 0) is 17.7 Å². The molecule has 0 aromatic heterocycles. The van der Waals surface area contributed by atoms with Crippen LogP contribution < -0.4 is 10.3 Å². The summed E-state index contributed by atoms with van der Waals surface area (Å²) >= 11 is 0. The Morgan fingerprint density at radius 3 is 2.83 bits per heavy atom. The molecule has 0 aliphatic heterocycles. The van der Waals surface area contributed by atoms with Gasteiger partial charge in [0.1, 0.15) is 0 Å². The Morgan fingerprint density at radius 1 is 1.50 bits per heavy atom. The minimum absolute atomic E-state index is 0.179. The van der Waals surface area contributed by atoms with E-state index in [4.69, 9.17) is 10.3 Å². The molecular formula is C11H13NO5P+. The number of rotatable bonds is 6. The highest BCUT2D eigenvalue weighted by molar-refractivity contribution is 7.33. The molecule has 1 unspecified atom stereocenters. The lowest BCUT2D eigenvalue weighted by Gasteiger charge is -2.03. The van der Waals surface area contributed by atoms with Crippen molar-refractivity contribution in [2.24, 2.45) is 5.73 Å². The van der Waals surface area contributed by atoms with Gasteiger partial charge in [-0.1, -0.05) is 23.2 Å². The number of nitrogens with two attached hydrogens (primary N) is 1. The van der Waals surface area contributed by atoms with Crippen LogP contribution in [0.5, 0.6) is 5.75 Å². The molecule has 96 valence electrons. The second-order valence-electron chi connectivity index (χ2n) is 3.11. The SMILES string of the molecule is C=C(C(=O)OC)c1cccc(O[P+](=O)OCN)c1. The van der Waals surface area contributed by atoms with E-state index in [0.717, 1.165) is 0 Å². The zero-order valence-corrected chi connectivity index (χ0v) is 10.7. The van der Waals surface area contributed by atoms with Crippen molar-refractivity contribution in [2.45, 2.75) is 0 Å². The number of ether oxygens (including phenoxy) is 1. The first kappa shape index (κ1) is 14.3. The maximum absolute atomic E-state index is 11.3. The molecule has 0 spiro atoms. The maximum atomic E-state index is 11.3. The van der Waals surface area contributed by atoms with Crippen molar-refractivity contribution in [2.75, 3.05) is 13.8 Å². The van der Waals surface area contributed by atoms with Crippen molar-refractivity contribution in [3.8, 4) is 5.75 Å². The number of methoxy groups -OCH3 is 1. The molecule has 2 N–H and O–H groups in total. The van der Waals surface area contributed by atoms with Crippen LogP contribution >= 0.6 is 8.25 Å². The van der Waals surface area contributed by atoms with Crippen LogP contribution in [0.3, 0.4) is 0 Å². The third kappa shape index (κ3) is 3.92. The molecule has 0 saturated carbocycles. The number of hydrogen-bond donors (Lipinski definition) is 1. The van der Waals surface area contributed by atoms with Crippen LogP contribution in [-0.4, -0.2) is 19.8 Å². The van der Waals surface area contributed by atoms with Gasteiger partial charge in [-0.3, -0.25) is 0 Å². The topological polar surface area (TPSA) is 87.8 Å². The Kier molecular flexibility index (Phi) is 5.45. The van der Waals surface area contributed by atoms with E-state index in [1.54, 1.807) is 18.2 Å². The molecule has 1 aromatic rings. The molecule has 7 heteroatoms. The van der Waals surface area contributed by atoms with Crippen LogP contribution in [0.2, 0.25) is 0 Å². The van der Waals surface area contributed by atoms with E-state index in [1.165, 1.54) is 13.2 Å². The maximum Gasteiger partial charge on any atom is 0.751 e. The Balaban J connectivity index is 2.82. The molecule has 0 bridgehead atoms. The summed E-state index contributed by atoms with van der Waals surface area (Å²) in [6.07, 6.45) is 0. The van der Waals surface area contributed by atoms with Crippen LogP contribution in [0.15, 0.2) is 30.8 Å². The fourth-order valence-electron chi connectivity index (χ4n) is 1.15. The van der Waals surface area contributed by atoms with Crippen LogP contribution in [0.1, 0.15) is 5.56 Å². The second kappa shape index (κ2) is 6.86. The van der Waals surface area contributed by atoms with Crippen molar-refractivity contribution in [3.63, 3.8) is 0 Å². The molecule has 1 rings (SSSR count). The van der Waals surface area contributed by atoms with Gasteiger partial charge in [0.05, 0.1) is 12.7 Å². The molecule has 0 aliphatic rings. The molecule has 1 aromatic carbocycles. The average molecular weight is 270 g/mol. The Bertz CT molecular complexity index is 474. The van der Waals surface area contributed by atoms with E-state index < -0.39 is 14.2 Å².